The Hall–Kier alpha value is -2.08. The number of carbonyl (C=O) groups is 2. The molecular formula is C21H21Cl2NO4. The maximum absolute atomic E-state index is 12.9. The number of ketones is 1. The molecule has 0 aliphatic carbocycles. The highest BCUT2D eigenvalue weighted by atomic mass is 35.5. The molecule has 0 unspecified atom stereocenters. The van der Waals surface area contributed by atoms with E-state index in [1.165, 1.54) is 11.8 Å². The Bertz CT molecular complexity index is 931. The smallest absolute Gasteiger partial charge is 0.264 e. The van der Waals surface area contributed by atoms with E-state index in [4.69, 9.17) is 27.9 Å². The van der Waals surface area contributed by atoms with Gasteiger partial charge in [-0.15, -0.1) is 0 Å². The minimum Gasteiger partial charge on any atom is -0.492 e. The summed E-state index contributed by atoms with van der Waals surface area (Å²) in [6.07, 6.45) is 0.282. The zero-order chi connectivity index (χ0) is 20.5. The van der Waals surface area contributed by atoms with Crippen LogP contribution in [-0.2, 0) is 15.2 Å². The summed E-state index contributed by atoms with van der Waals surface area (Å²) in [5.74, 6) is -0.207. The van der Waals surface area contributed by atoms with Crippen molar-refractivity contribution in [2.75, 3.05) is 18.1 Å². The highest BCUT2D eigenvalue weighted by Gasteiger charge is 2.50. The fourth-order valence-corrected chi connectivity index (χ4v) is 3.88. The van der Waals surface area contributed by atoms with Gasteiger partial charge in [-0.2, -0.15) is 0 Å². The summed E-state index contributed by atoms with van der Waals surface area (Å²) in [5.41, 5.74) is 0.211. The lowest BCUT2D eigenvalue weighted by molar-refractivity contribution is -0.141. The van der Waals surface area contributed by atoms with Gasteiger partial charge in [0.05, 0.1) is 17.3 Å². The van der Waals surface area contributed by atoms with Crippen LogP contribution in [0.15, 0.2) is 36.4 Å². The van der Waals surface area contributed by atoms with E-state index in [2.05, 4.69) is 0 Å². The summed E-state index contributed by atoms with van der Waals surface area (Å²) in [7, 11) is 0. The third-order valence-corrected chi connectivity index (χ3v) is 5.20. The Morgan fingerprint density at radius 1 is 1.21 bits per heavy atom. The van der Waals surface area contributed by atoms with Crippen LogP contribution in [0.5, 0.6) is 5.75 Å². The summed E-state index contributed by atoms with van der Waals surface area (Å²) in [4.78, 5) is 26.1. The molecule has 0 spiro atoms. The maximum atomic E-state index is 12.9. The van der Waals surface area contributed by atoms with Gasteiger partial charge >= 0.3 is 0 Å². The second-order valence-corrected chi connectivity index (χ2v) is 7.84. The van der Waals surface area contributed by atoms with Crippen LogP contribution in [0, 0.1) is 6.92 Å². The average molecular weight is 422 g/mol. The molecule has 0 fully saturated rings. The molecule has 2 aromatic carbocycles. The van der Waals surface area contributed by atoms with Crippen molar-refractivity contribution in [2.45, 2.75) is 32.3 Å². The van der Waals surface area contributed by atoms with Crippen LogP contribution in [0.3, 0.4) is 0 Å². The lowest BCUT2D eigenvalue weighted by atomic mass is 9.89. The molecule has 3 rings (SSSR count). The van der Waals surface area contributed by atoms with Gasteiger partial charge in [0.25, 0.3) is 5.91 Å². The third-order valence-electron chi connectivity index (χ3n) is 4.67. The molecular weight excluding hydrogens is 401 g/mol. The molecule has 1 atom stereocenters. The fraction of sp³-hybridized carbons (Fsp3) is 0.333. The molecule has 1 aliphatic rings. The number of rotatable bonds is 7. The minimum atomic E-state index is -1.81. The van der Waals surface area contributed by atoms with Crippen LogP contribution in [-0.4, -0.2) is 29.9 Å². The second kappa shape index (κ2) is 8.11. The summed E-state index contributed by atoms with van der Waals surface area (Å²) >= 11 is 12.0. The topological polar surface area (TPSA) is 66.8 Å². The summed E-state index contributed by atoms with van der Waals surface area (Å²) in [6.45, 7) is 3.93. The SMILES string of the molecule is CC(=O)C[C@]1(O)C(=O)N(CCCOc2ccc(Cl)cc2Cl)c2ccc(C)cc21. The Kier molecular flexibility index (Phi) is 5.98. The summed E-state index contributed by atoms with van der Waals surface area (Å²) in [5, 5.41) is 11.9. The van der Waals surface area contributed by atoms with Gasteiger partial charge in [0.1, 0.15) is 11.5 Å². The molecule has 1 heterocycles. The number of hydrogen-bond acceptors (Lipinski definition) is 4. The largest absolute Gasteiger partial charge is 0.492 e. The Balaban J connectivity index is 1.72. The fourth-order valence-electron chi connectivity index (χ4n) is 3.41. The number of Topliss-reactive ketones (excluding diaryl/α,β-unsaturated/α-hetero) is 1. The Labute approximate surface area is 173 Å². The van der Waals surface area contributed by atoms with Gasteiger partial charge < -0.3 is 14.7 Å². The quantitative estimate of drug-likeness (QED) is 0.677. The van der Waals surface area contributed by atoms with Crippen molar-refractivity contribution >= 4 is 40.6 Å². The predicted octanol–water partition coefficient (Wildman–Crippen LogP) is 4.28. The van der Waals surface area contributed by atoms with Crippen molar-refractivity contribution in [3.05, 3.63) is 57.6 Å². The molecule has 0 saturated heterocycles. The molecule has 0 bridgehead atoms. The first-order chi connectivity index (χ1) is 13.2. The van der Waals surface area contributed by atoms with Gasteiger partial charge in [-0.3, -0.25) is 9.59 Å². The monoisotopic (exact) mass is 421 g/mol. The van der Waals surface area contributed by atoms with E-state index in [0.29, 0.717) is 46.6 Å². The third kappa shape index (κ3) is 4.02. The van der Waals surface area contributed by atoms with Gasteiger partial charge in [-0.05, 0) is 44.5 Å². The van der Waals surface area contributed by atoms with Crippen LogP contribution >= 0.6 is 23.2 Å². The van der Waals surface area contributed by atoms with Crippen LogP contribution in [0.2, 0.25) is 10.0 Å². The predicted molar refractivity (Wildman–Crippen MR) is 109 cm³/mol. The average Bonchev–Trinajstić information content (AvgIpc) is 2.81. The number of hydrogen-bond donors (Lipinski definition) is 1. The number of aryl methyl sites for hydroxylation is 1. The molecule has 1 amide bonds. The zero-order valence-electron chi connectivity index (χ0n) is 15.7. The number of anilines is 1. The Morgan fingerprint density at radius 3 is 2.64 bits per heavy atom. The van der Waals surface area contributed by atoms with E-state index in [9.17, 15) is 14.7 Å². The van der Waals surface area contributed by atoms with Crippen molar-refractivity contribution in [3.8, 4) is 5.75 Å². The molecule has 148 valence electrons. The molecule has 0 saturated carbocycles. The summed E-state index contributed by atoms with van der Waals surface area (Å²) < 4.78 is 5.67. The van der Waals surface area contributed by atoms with E-state index >= 15 is 0 Å². The van der Waals surface area contributed by atoms with Crippen molar-refractivity contribution in [1.29, 1.82) is 0 Å². The van der Waals surface area contributed by atoms with Crippen LogP contribution < -0.4 is 9.64 Å². The van der Waals surface area contributed by atoms with Crippen molar-refractivity contribution in [1.82, 2.24) is 0 Å². The molecule has 0 radical (unpaired) electrons. The lowest BCUT2D eigenvalue weighted by Crippen LogP contribution is -2.42. The van der Waals surface area contributed by atoms with Crippen LogP contribution in [0.1, 0.15) is 30.9 Å². The number of halogens is 2. The first-order valence-electron chi connectivity index (χ1n) is 8.95. The van der Waals surface area contributed by atoms with Gasteiger partial charge in [-0.25, -0.2) is 0 Å². The van der Waals surface area contributed by atoms with Crippen LogP contribution in [0.25, 0.3) is 0 Å². The number of benzene rings is 2. The highest BCUT2D eigenvalue weighted by Crippen LogP contribution is 2.43. The van der Waals surface area contributed by atoms with Crippen molar-refractivity contribution in [2.24, 2.45) is 0 Å². The number of carbonyl (C=O) groups excluding carboxylic acids is 2. The second-order valence-electron chi connectivity index (χ2n) is 6.99. The van der Waals surface area contributed by atoms with E-state index in [-0.39, 0.29) is 12.2 Å². The van der Waals surface area contributed by atoms with E-state index in [1.54, 1.807) is 30.3 Å². The van der Waals surface area contributed by atoms with Gasteiger partial charge in [0, 0.05) is 23.6 Å². The first-order valence-corrected chi connectivity index (χ1v) is 9.71. The standard InChI is InChI=1S/C21H21Cl2NO4/c1-13-4-6-18-16(10-13)21(27,12-14(2)25)20(26)24(18)8-3-9-28-19-7-5-15(22)11-17(19)23/h4-7,10-11,27H,3,8-9,12H2,1-2H3/t21-/m1/s1. The van der Waals surface area contributed by atoms with Gasteiger partial charge in [-0.1, -0.05) is 40.9 Å². The van der Waals surface area contributed by atoms with Crippen molar-refractivity contribution < 1.29 is 19.4 Å². The van der Waals surface area contributed by atoms with Gasteiger partial charge in [0.15, 0.2) is 5.60 Å². The lowest BCUT2D eigenvalue weighted by Gasteiger charge is -2.22. The maximum Gasteiger partial charge on any atom is 0.264 e. The molecule has 1 aliphatic heterocycles. The van der Waals surface area contributed by atoms with E-state index in [1.807, 2.05) is 13.0 Å². The number of nitrogens with zero attached hydrogens (tertiary/aromatic N) is 1. The molecule has 28 heavy (non-hydrogen) atoms. The highest BCUT2D eigenvalue weighted by molar-refractivity contribution is 6.35. The molecule has 2 aromatic rings. The first kappa shape index (κ1) is 20.6. The van der Waals surface area contributed by atoms with Crippen LogP contribution in [0.4, 0.5) is 5.69 Å². The molecule has 1 N–H and O–H groups in total. The molecule has 0 aromatic heterocycles. The minimum absolute atomic E-state index is 0.240. The number of ether oxygens (including phenoxy) is 1. The Morgan fingerprint density at radius 2 is 1.96 bits per heavy atom. The van der Waals surface area contributed by atoms with E-state index < -0.39 is 11.5 Å². The number of amides is 1. The number of aliphatic hydroxyl groups is 1. The molecule has 7 heteroatoms. The zero-order valence-corrected chi connectivity index (χ0v) is 17.2. The van der Waals surface area contributed by atoms with Crippen molar-refractivity contribution in [3.63, 3.8) is 0 Å². The molecule has 5 nitrogen and oxygen atoms in total. The van der Waals surface area contributed by atoms with E-state index in [0.717, 1.165) is 5.56 Å². The number of fused-ring (bicyclic) bond motifs is 1. The summed E-state index contributed by atoms with van der Waals surface area (Å²) in [6, 6.07) is 10.4. The normalized spacial score (nSPS) is 18.3. The van der Waals surface area contributed by atoms with Gasteiger partial charge in [0.2, 0.25) is 0 Å².